The molecule has 0 aliphatic carbocycles. The number of nitrogens with zero attached hydrogens (tertiary/aromatic N) is 3. The molecule has 1 N–H and O–H groups in total. The normalized spacial score (nSPS) is 11.6. The topological polar surface area (TPSA) is 78.3 Å². The van der Waals surface area contributed by atoms with Crippen LogP contribution in [0.15, 0.2) is 90.3 Å². The summed E-state index contributed by atoms with van der Waals surface area (Å²) in [5.74, 6) is 0.349. The van der Waals surface area contributed by atoms with Gasteiger partial charge in [0.15, 0.2) is 16.7 Å². The number of aromatic nitrogens is 3. The van der Waals surface area contributed by atoms with Crippen LogP contribution in [0.1, 0.15) is 11.6 Å². The van der Waals surface area contributed by atoms with Gasteiger partial charge in [-0.2, -0.15) is 0 Å². The Kier molecular flexibility index (Phi) is 7.77. The van der Waals surface area contributed by atoms with Gasteiger partial charge in [-0.05, 0) is 42.0 Å². The van der Waals surface area contributed by atoms with Crippen LogP contribution in [0.2, 0.25) is 0 Å². The Labute approximate surface area is 200 Å². The van der Waals surface area contributed by atoms with E-state index in [4.69, 9.17) is 9.47 Å². The van der Waals surface area contributed by atoms with Gasteiger partial charge in [-0.3, -0.25) is 9.36 Å². The summed E-state index contributed by atoms with van der Waals surface area (Å²) in [5.41, 5.74) is 1.72. The number of thioether (sulfide) groups is 1. The zero-order valence-electron chi connectivity index (χ0n) is 18.4. The van der Waals surface area contributed by atoms with E-state index in [1.165, 1.54) is 17.8 Å². The number of para-hydroxylation sites is 1. The average Bonchev–Trinajstić information content (AvgIpc) is 3.35. The van der Waals surface area contributed by atoms with Gasteiger partial charge in [0.05, 0.1) is 18.9 Å². The molecule has 1 unspecified atom stereocenters. The maximum atomic E-state index is 14.0. The predicted molar refractivity (Wildman–Crippen MR) is 128 cm³/mol. The molecule has 1 heterocycles. The van der Waals surface area contributed by atoms with E-state index in [1.54, 1.807) is 36.2 Å². The Morgan fingerprint density at radius 2 is 1.79 bits per heavy atom. The van der Waals surface area contributed by atoms with Crippen molar-refractivity contribution in [3.8, 4) is 17.2 Å². The van der Waals surface area contributed by atoms with Crippen molar-refractivity contribution >= 4 is 17.7 Å². The minimum Gasteiger partial charge on any atom is -0.497 e. The molecule has 1 atom stereocenters. The van der Waals surface area contributed by atoms with Crippen LogP contribution in [0.5, 0.6) is 11.5 Å². The predicted octanol–water partition coefficient (Wildman–Crippen LogP) is 4.44. The number of ether oxygens (including phenoxy) is 2. The summed E-state index contributed by atoms with van der Waals surface area (Å²) in [6.07, 6.45) is 1.59. The fourth-order valence-electron chi connectivity index (χ4n) is 3.25. The van der Waals surface area contributed by atoms with Crippen LogP contribution in [-0.2, 0) is 4.79 Å². The lowest BCUT2D eigenvalue weighted by molar-refractivity contribution is -0.119. The summed E-state index contributed by atoms with van der Waals surface area (Å²) in [7, 11) is 1.61. The second-order valence-corrected chi connectivity index (χ2v) is 8.18. The molecule has 0 bridgehead atoms. The first-order valence-electron chi connectivity index (χ1n) is 10.5. The smallest absolute Gasteiger partial charge is 0.231 e. The molecule has 34 heavy (non-hydrogen) atoms. The second-order valence-electron chi connectivity index (χ2n) is 7.24. The van der Waals surface area contributed by atoms with Crippen molar-refractivity contribution in [2.24, 2.45) is 0 Å². The molecule has 1 aromatic heterocycles. The summed E-state index contributed by atoms with van der Waals surface area (Å²) in [6.45, 7) is 0.0867. The molecule has 0 saturated carbocycles. The Morgan fingerprint density at radius 3 is 2.53 bits per heavy atom. The standard InChI is InChI=1S/C25H23FN4O3S/c1-32-20-13-11-19(12-14-20)30-17-27-29-25(30)34-16-24(31)28-22(18-7-3-2-4-8-18)15-33-23-10-6-5-9-21(23)26/h2-14,17,22H,15-16H2,1H3,(H,28,31). The maximum Gasteiger partial charge on any atom is 0.231 e. The van der Waals surface area contributed by atoms with Crippen molar-refractivity contribution in [1.29, 1.82) is 0 Å². The highest BCUT2D eigenvalue weighted by molar-refractivity contribution is 7.99. The van der Waals surface area contributed by atoms with E-state index < -0.39 is 11.9 Å². The third kappa shape index (κ3) is 5.93. The first-order valence-corrected chi connectivity index (χ1v) is 11.5. The van der Waals surface area contributed by atoms with Crippen LogP contribution in [0.3, 0.4) is 0 Å². The summed E-state index contributed by atoms with van der Waals surface area (Å²) < 4.78 is 26.6. The number of amides is 1. The zero-order valence-corrected chi connectivity index (χ0v) is 19.2. The number of carbonyl (C=O) groups excluding carboxylic acids is 1. The first kappa shape index (κ1) is 23.3. The Balaban J connectivity index is 1.40. The van der Waals surface area contributed by atoms with Crippen LogP contribution >= 0.6 is 11.8 Å². The molecule has 7 nitrogen and oxygen atoms in total. The fraction of sp³-hybridized carbons (Fsp3) is 0.160. The number of rotatable bonds is 10. The fourth-order valence-corrected chi connectivity index (χ4v) is 3.99. The molecule has 1 amide bonds. The molecule has 0 fully saturated rings. The minimum absolute atomic E-state index is 0.0867. The number of hydrogen-bond donors (Lipinski definition) is 1. The van der Waals surface area contributed by atoms with E-state index >= 15 is 0 Å². The lowest BCUT2D eigenvalue weighted by atomic mass is 10.1. The lowest BCUT2D eigenvalue weighted by Gasteiger charge is -2.20. The van der Waals surface area contributed by atoms with E-state index in [2.05, 4.69) is 15.5 Å². The van der Waals surface area contributed by atoms with Gasteiger partial charge in [0.2, 0.25) is 5.91 Å². The minimum atomic E-state index is -0.451. The number of benzene rings is 3. The average molecular weight is 479 g/mol. The highest BCUT2D eigenvalue weighted by Crippen LogP contribution is 2.23. The van der Waals surface area contributed by atoms with Crippen LogP contribution in [0, 0.1) is 5.82 Å². The Hall–Kier alpha value is -3.85. The van der Waals surface area contributed by atoms with Gasteiger partial charge >= 0.3 is 0 Å². The zero-order chi connectivity index (χ0) is 23.8. The van der Waals surface area contributed by atoms with Crippen LogP contribution in [0.25, 0.3) is 5.69 Å². The Morgan fingerprint density at radius 1 is 1.06 bits per heavy atom. The lowest BCUT2D eigenvalue weighted by Crippen LogP contribution is -2.33. The van der Waals surface area contributed by atoms with Crippen molar-refractivity contribution in [2.75, 3.05) is 19.5 Å². The van der Waals surface area contributed by atoms with Crippen molar-refractivity contribution < 1.29 is 18.7 Å². The number of halogens is 1. The molecule has 9 heteroatoms. The highest BCUT2D eigenvalue weighted by atomic mass is 32.2. The SMILES string of the molecule is COc1ccc(-n2cnnc2SCC(=O)NC(COc2ccccc2F)c2ccccc2)cc1. The van der Waals surface area contributed by atoms with Gasteiger partial charge < -0.3 is 14.8 Å². The first-order chi connectivity index (χ1) is 16.6. The highest BCUT2D eigenvalue weighted by Gasteiger charge is 2.18. The number of methoxy groups -OCH3 is 1. The van der Waals surface area contributed by atoms with Gasteiger partial charge in [-0.15, -0.1) is 10.2 Å². The van der Waals surface area contributed by atoms with Gasteiger partial charge in [-0.1, -0.05) is 54.2 Å². The van der Waals surface area contributed by atoms with Gasteiger partial charge in [-0.25, -0.2) is 4.39 Å². The van der Waals surface area contributed by atoms with E-state index in [0.29, 0.717) is 5.16 Å². The summed E-state index contributed by atoms with van der Waals surface area (Å²) in [5, 5.41) is 11.7. The third-order valence-corrected chi connectivity index (χ3v) is 5.92. The van der Waals surface area contributed by atoms with Crippen molar-refractivity contribution in [1.82, 2.24) is 20.1 Å². The van der Waals surface area contributed by atoms with Crippen molar-refractivity contribution in [2.45, 2.75) is 11.2 Å². The third-order valence-electron chi connectivity index (χ3n) is 4.98. The van der Waals surface area contributed by atoms with Crippen molar-refractivity contribution in [3.05, 3.63) is 96.6 Å². The van der Waals surface area contributed by atoms with E-state index in [0.717, 1.165) is 17.0 Å². The second kappa shape index (κ2) is 11.3. The monoisotopic (exact) mass is 478 g/mol. The van der Waals surface area contributed by atoms with E-state index in [9.17, 15) is 9.18 Å². The van der Waals surface area contributed by atoms with Gasteiger partial charge in [0.25, 0.3) is 0 Å². The Bertz CT molecular complexity index is 1220. The number of carbonyl (C=O) groups is 1. The van der Waals surface area contributed by atoms with Gasteiger partial charge in [0.1, 0.15) is 18.7 Å². The summed E-state index contributed by atoms with van der Waals surface area (Å²) in [4.78, 5) is 12.8. The quantitative estimate of drug-likeness (QED) is 0.340. The molecule has 0 aliphatic heterocycles. The van der Waals surface area contributed by atoms with Gasteiger partial charge in [0, 0.05) is 5.69 Å². The summed E-state index contributed by atoms with van der Waals surface area (Å²) in [6, 6.07) is 22.6. The van der Waals surface area contributed by atoms with E-state index in [1.807, 2.05) is 54.6 Å². The molecule has 3 aromatic carbocycles. The molecule has 0 saturated heterocycles. The molecular weight excluding hydrogens is 455 g/mol. The summed E-state index contributed by atoms with van der Waals surface area (Å²) >= 11 is 1.27. The van der Waals surface area contributed by atoms with Crippen LogP contribution < -0.4 is 14.8 Å². The van der Waals surface area contributed by atoms with Crippen molar-refractivity contribution in [3.63, 3.8) is 0 Å². The molecule has 0 radical (unpaired) electrons. The molecular formula is C25H23FN4O3S. The molecule has 4 rings (SSSR count). The van der Waals surface area contributed by atoms with E-state index in [-0.39, 0.29) is 24.0 Å². The van der Waals surface area contributed by atoms with Crippen LogP contribution in [0.4, 0.5) is 4.39 Å². The number of hydrogen-bond acceptors (Lipinski definition) is 6. The number of nitrogens with one attached hydrogen (secondary N) is 1. The molecule has 0 aliphatic rings. The van der Waals surface area contributed by atoms with Crippen LogP contribution in [-0.4, -0.2) is 40.1 Å². The molecule has 0 spiro atoms. The molecule has 174 valence electrons. The largest absolute Gasteiger partial charge is 0.497 e. The molecule has 4 aromatic rings. The maximum absolute atomic E-state index is 14.0.